The number of hydrogen-bond acceptors (Lipinski definition) is 4. The van der Waals surface area contributed by atoms with E-state index in [-0.39, 0.29) is 0 Å². The molecule has 1 aromatic carbocycles. The van der Waals surface area contributed by atoms with Crippen LogP contribution >= 0.6 is 11.3 Å². The van der Waals surface area contributed by atoms with Crippen LogP contribution in [0, 0.1) is 13.8 Å². The summed E-state index contributed by atoms with van der Waals surface area (Å²) in [5.74, 6) is 1.66. The van der Waals surface area contributed by atoms with Gasteiger partial charge in [-0.2, -0.15) is 0 Å². The minimum atomic E-state index is 0.780. The summed E-state index contributed by atoms with van der Waals surface area (Å²) in [5, 5.41) is 6.76. The number of rotatable bonds is 2. The molecule has 0 bridgehead atoms. The Balaban J connectivity index is 2.04. The Morgan fingerprint density at radius 3 is 2.89 bits per heavy atom. The molecule has 0 radical (unpaired) electrons. The number of anilines is 2. The SMILES string of the molecule is Cc1ncc(C)c(Nc2csc3ccccc23)n1. The second kappa shape index (κ2) is 4.38. The maximum absolute atomic E-state index is 4.44. The molecule has 2 aromatic heterocycles. The average molecular weight is 255 g/mol. The van der Waals surface area contributed by atoms with Gasteiger partial charge >= 0.3 is 0 Å². The lowest BCUT2D eigenvalue weighted by Crippen LogP contribution is -1.99. The molecule has 0 aliphatic heterocycles. The van der Waals surface area contributed by atoms with Crippen LogP contribution in [-0.4, -0.2) is 9.97 Å². The highest BCUT2D eigenvalue weighted by Gasteiger charge is 2.06. The van der Waals surface area contributed by atoms with E-state index in [4.69, 9.17) is 0 Å². The Kier molecular flexibility index (Phi) is 2.72. The molecular weight excluding hydrogens is 242 g/mol. The van der Waals surface area contributed by atoms with Crippen molar-refractivity contribution in [3.8, 4) is 0 Å². The molecular formula is C14H13N3S. The third-order valence-electron chi connectivity index (χ3n) is 2.83. The van der Waals surface area contributed by atoms with Gasteiger partial charge in [-0.15, -0.1) is 11.3 Å². The van der Waals surface area contributed by atoms with Crippen LogP contribution in [0.3, 0.4) is 0 Å². The van der Waals surface area contributed by atoms with Crippen molar-refractivity contribution in [2.75, 3.05) is 5.32 Å². The molecule has 0 amide bonds. The van der Waals surface area contributed by atoms with Gasteiger partial charge in [0.15, 0.2) is 0 Å². The van der Waals surface area contributed by atoms with Gasteiger partial charge in [0.25, 0.3) is 0 Å². The molecule has 3 aromatic rings. The van der Waals surface area contributed by atoms with Crippen molar-refractivity contribution >= 4 is 32.9 Å². The van der Waals surface area contributed by atoms with E-state index in [1.165, 1.54) is 10.1 Å². The molecule has 0 saturated carbocycles. The second-order valence-electron chi connectivity index (χ2n) is 4.22. The summed E-state index contributed by atoms with van der Waals surface area (Å²) >= 11 is 1.74. The van der Waals surface area contributed by atoms with E-state index in [0.29, 0.717) is 0 Å². The summed E-state index contributed by atoms with van der Waals surface area (Å²) in [6.45, 7) is 3.91. The molecule has 0 fully saturated rings. The lowest BCUT2D eigenvalue weighted by atomic mass is 10.2. The van der Waals surface area contributed by atoms with Gasteiger partial charge in [0.2, 0.25) is 0 Å². The third kappa shape index (κ3) is 1.95. The van der Waals surface area contributed by atoms with Crippen LogP contribution in [0.4, 0.5) is 11.5 Å². The molecule has 2 heterocycles. The monoisotopic (exact) mass is 255 g/mol. The number of aromatic nitrogens is 2. The normalized spacial score (nSPS) is 10.8. The summed E-state index contributed by atoms with van der Waals surface area (Å²) in [5.41, 5.74) is 2.16. The van der Waals surface area contributed by atoms with E-state index in [1.54, 1.807) is 11.3 Å². The van der Waals surface area contributed by atoms with Gasteiger partial charge in [-0.3, -0.25) is 0 Å². The maximum Gasteiger partial charge on any atom is 0.137 e. The van der Waals surface area contributed by atoms with E-state index in [2.05, 4.69) is 44.9 Å². The smallest absolute Gasteiger partial charge is 0.137 e. The number of benzene rings is 1. The van der Waals surface area contributed by atoms with Crippen molar-refractivity contribution in [2.24, 2.45) is 0 Å². The minimum Gasteiger partial charge on any atom is -0.339 e. The van der Waals surface area contributed by atoms with Crippen LogP contribution in [-0.2, 0) is 0 Å². The fourth-order valence-corrected chi connectivity index (χ4v) is 2.75. The fourth-order valence-electron chi connectivity index (χ4n) is 1.86. The van der Waals surface area contributed by atoms with Gasteiger partial charge in [-0.25, -0.2) is 9.97 Å². The molecule has 90 valence electrons. The first-order valence-corrected chi connectivity index (χ1v) is 6.65. The molecule has 1 N–H and O–H groups in total. The van der Waals surface area contributed by atoms with Crippen molar-refractivity contribution < 1.29 is 0 Å². The first-order valence-electron chi connectivity index (χ1n) is 5.77. The molecule has 3 nitrogen and oxygen atoms in total. The van der Waals surface area contributed by atoms with Crippen LogP contribution < -0.4 is 5.32 Å². The number of aryl methyl sites for hydroxylation is 2. The van der Waals surface area contributed by atoms with Crippen LogP contribution in [0.2, 0.25) is 0 Å². The van der Waals surface area contributed by atoms with Gasteiger partial charge in [-0.05, 0) is 19.9 Å². The zero-order valence-electron chi connectivity index (χ0n) is 10.3. The summed E-state index contributed by atoms with van der Waals surface area (Å²) in [4.78, 5) is 8.62. The fraction of sp³-hybridized carbons (Fsp3) is 0.143. The molecule has 3 rings (SSSR count). The minimum absolute atomic E-state index is 0.780. The third-order valence-corrected chi connectivity index (χ3v) is 3.79. The Hall–Kier alpha value is -1.94. The zero-order chi connectivity index (χ0) is 12.5. The molecule has 0 atom stereocenters. The van der Waals surface area contributed by atoms with Crippen molar-refractivity contribution in [3.05, 3.63) is 47.2 Å². The molecule has 0 unspecified atom stereocenters. The summed E-state index contributed by atoms with van der Waals surface area (Å²) in [6, 6.07) is 8.36. The molecule has 0 aliphatic rings. The molecule has 4 heteroatoms. The van der Waals surface area contributed by atoms with E-state index >= 15 is 0 Å². The Bertz CT molecular complexity index is 703. The molecule has 0 saturated heterocycles. The highest BCUT2D eigenvalue weighted by atomic mass is 32.1. The average Bonchev–Trinajstić information content (AvgIpc) is 2.78. The predicted octanol–water partition coefficient (Wildman–Crippen LogP) is 4.05. The number of nitrogens with zero attached hydrogens (tertiary/aromatic N) is 2. The molecule has 0 spiro atoms. The van der Waals surface area contributed by atoms with Crippen LogP contribution in [0.1, 0.15) is 11.4 Å². The zero-order valence-corrected chi connectivity index (χ0v) is 11.1. The number of thiophene rings is 1. The Morgan fingerprint density at radius 1 is 1.17 bits per heavy atom. The Labute approximate surface area is 110 Å². The first kappa shape index (κ1) is 11.2. The number of hydrogen-bond donors (Lipinski definition) is 1. The van der Waals surface area contributed by atoms with E-state index in [9.17, 15) is 0 Å². The van der Waals surface area contributed by atoms with Crippen LogP contribution in [0.5, 0.6) is 0 Å². The highest BCUT2D eigenvalue weighted by Crippen LogP contribution is 2.32. The van der Waals surface area contributed by atoms with Gasteiger partial charge in [0, 0.05) is 27.2 Å². The Morgan fingerprint density at radius 2 is 2.00 bits per heavy atom. The number of nitrogens with one attached hydrogen (secondary N) is 1. The van der Waals surface area contributed by atoms with Crippen LogP contribution in [0.15, 0.2) is 35.8 Å². The van der Waals surface area contributed by atoms with Crippen molar-refractivity contribution in [1.82, 2.24) is 9.97 Å². The van der Waals surface area contributed by atoms with Crippen molar-refractivity contribution in [2.45, 2.75) is 13.8 Å². The maximum atomic E-state index is 4.44. The van der Waals surface area contributed by atoms with E-state index < -0.39 is 0 Å². The molecule has 18 heavy (non-hydrogen) atoms. The molecule has 0 aliphatic carbocycles. The largest absolute Gasteiger partial charge is 0.339 e. The summed E-state index contributed by atoms with van der Waals surface area (Å²) in [7, 11) is 0. The standard InChI is InChI=1S/C14H13N3S/c1-9-7-15-10(2)16-14(9)17-12-8-18-13-6-4-3-5-11(12)13/h3-8H,1-2H3,(H,15,16,17). The van der Waals surface area contributed by atoms with Gasteiger partial charge < -0.3 is 5.32 Å². The summed E-state index contributed by atoms with van der Waals surface area (Å²) < 4.78 is 1.28. The van der Waals surface area contributed by atoms with E-state index in [1.807, 2.05) is 20.0 Å². The van der Waals surface area contributed by atoms with Crippen LogP contribution in [0.25, 0.3) is 10.1 Å². The quantitative estimate of drug-likeness (QED) is 0.750. The van der Waals surface area contributed by atoms with E-state index in [0.717, 1.165) is 22.9 Å². The highest BCUT2D eigenvalue weighted by molar-refractivity contribution is 7.17. The topological polar surface area (TPSA) is 37.8 Å². The summed E-state index contributed by atoms with van der Waals surface area (Å²) in [6.07, 6.45) is 1.85. The lowest BCUT2D eigenvalue weighted by Gasteiger charge is -2.07. The van der Waals surface area contributed by atoms with Crippen molar-refractivity contribution in [3.63, 3.8) is 0 Å². The van der Waals surface area contributed by atoms with Gasteiger partial charge in [0.05, 0.1) is 5.69 Å². The number of fused-ring (bicyclic) bond motifs is 1. The van der Waals surface area contributed by atoms with Crippen molar-refractivity contribution in [1.29, 1.82) is 0 Å². The van der Waals surface area contributed by atoms with Gasteiger partial charge in [-0.1, -0.05) is 18.2 Å². The van der Waals surface area contributed by atoms with Gasteiger partial charge in [0.1, 0.15) is 11.6 Å². The lowest BCUT2D eigenvalue weighted by molar-refractivity contribution is 1.04. The predicted molar refractivity (Wildman–Crippen MR) is 76.6 cm³/mol. The second-order valence-corrected chi connectivity index (χ2v) is 5.13. The first-order chi connectivity index (χ1) is 8.74.